The summed E-state index contributed by atoms with van der Waals surface area (Å²) in [6.07, 6.45) is 0. The Kier molecular flexibility index (Phi) is 5.51. The smallest absolute Gasteiger partial charge is 0.239 e. The molecule has 0 spiro atoms. The van der Waals surface area contributed by atoms with Crippen LogP contribution >= 0.6 is 27.3 Å². The number of carbonyl (C=O) groups is 1. The predicted octanol–water partition coefficient (Wildman–Crippen LogP) is 0.475. The van der Waals surface area contributed by atoms with Crippen LogP contribution in [0.3, 0.4) is 0 Å². The van der Waals surface area contributed by atoms with Crippen molar-refractivity contribution in [1.82, 2.24) is 15.5 Å². The second kappa shape index (κ2) is 6.70. The molecule has 0 bridgehead atoms. The standard InChI is InChI=1S/C7H11BrN4O2S/c1-14-3-2-9-5(13)4-10-7-12-11-6(8)15-7/h2-4H2,1H3,(H,9,13)(H,10,12). The van der Waals surface area contributed by atoms with Gasteiger partial charge in [-0.05, 0) is 15.9 Å². The van der Waals surface area contributed by atoms with E-state index < -0.39 is 0 Å². The quantitative estimate of drug-likeness (QED) is 0.746. The van der Waals surface area contributed by atoms with E-state index in [4.69, 9.17) is 4.74 Å². The molecule has 84 valence electrons. The lowest BCUT2D eigenvalue weighted by Crippen LogP contribution is -2.32. The second-order valence-corrected chi connectivity index (χ2v) is 4.81. The van der Waals surface area contributed by atoms with Gasteiger partial charge in [0, 0.05) is 13.7 Å². The van der Waals surface area contributed by atoms with Gasteiger partial charge >= 0.3 is 0 Å². The molecule has 0 aliphatic rings. The van der Waals surface area contributed by atoms with Gasteiger partial charge < -0.3 is 15.4 Å². The summed E-state index contributed by atoms with van der Waals surface area (Å²) in [6.45, 7) is 1.21. The molecule has 0 aliphatic heterocycles. The highest BCUT2D eigenvalue weighted by atomic mass is 79.9. The van der Waals surface area contributed by atoms with Gasteiger partial charge in [0.1, 0.15) is 0 Å². The van der Waals surface area contributed by atoms with E-state index >= 15 is 0 Å². The van der Waals surface area contributed by atoms with Crippen LogP contribution in [-0.4, -0.2) is 42.9 Å². The fourth-order valence-electron chi connectivity index (χ4n) is 0.788. The van der Waals surface area contributed by atoms with Crippen LogP contribution in [0.1, 0.15) is 0 Å². The summed E-state index contributed by atoms with van der Waals surface area (Å²) < 4.78 is 5.48. The van der Waals surface area contributed by atoms with Crippen molar-refractivity contribution in [3.05, 3.63) is 3.92 Å². The van der Waals surface area contributed by atoms with Gasteiger partial charge in [0.2, 0.25) is 11.0 Å². The van der Waals surface area contributed by atoms with Crippen LogP contribution in [-0.2, 0) is 9.53 Å². The number of nitrogens with zero attached hydrogens (tertiary/aromatic N) is 2. The summed E-state index contributed by atoms with van der Waals surface area (Å²) in [5.74, 6) is -0.0987. The molecule has 0 saturated carbocycles. The minimum atomic E-state index is -0.0987. The van der Waals surface area contributed by atoms with Crippen molar-refractivity contribution in [1.29, 1.82) is 0 Å². The maximum absolute atomic E-state index is 11.2. The van der Waals surface area contributed by atoms with E-state index in [1.807, 2.05) is 0 Å². The highest BCUT2D eigenvalue weighted by Gasteiger charge is 2.03. The van der Waals surface area contributed by atoms with Crippen LogP contribution in [0, 0.1) is 0 Å². The minimum absolute atomic E-state index is 0.0987. The summed E-state index contributed by atoms with van der Waals surface area (Å²) in [5.41, 5.74) is 0. The first-order chi connectivity index (χ1) is 7.22. The molecule has 0 radical (unpaired) electrons. The lowest BCUT2D eigenvalue weighted by Gasteiger charge is -2.04. The monoisotopic (exact) mass is 294 g/mol. The zero-order valence-electron chi connectivity index (χ0n) is 8.12. The first-order valence-corrected chi connectivity index (χ1v) is 5.82. The fourth-order valence-corrected chi connectivity index (χ4v) is 1.79. The van der Waals surface area contributed by atoms with E-state index in [0.29, 0.717) is 22.2 Å². The zero-order chi connectivity index (χ0) is 11.1. The van der Waals surface area contributed by atoms with E-state index in [9.17, 15) is 4.79 Å². The van der Waals surface area contributed by atoms with Crippen molar-refractivity contribution in [2.45, 2.75) is 0 Å². The second-order valence-electron chi connectivity index (χ2n) is 2.56. The third kappa shape index (κ3) is 5.05. The van der Waals surface area contributed by atoms with Crippen molar-refractivity contribution < 1.29 is 9.53 Å². The molecule has 0 unspecified atom stereocenters. The number of hydrogen-bond donors (Lipinski definition) is 2. The zero-order valence-corrected chi connectivity index (χ0v) is 10.5. The molecule has 0 saturated heterocycles. The average molecular weight is 295 g/mol. The third-order valence-corrected chi connectivity index (χ3v) is 2.74. The molecular formula is C7H11BrN4O2S. The van der Waals surface area contributed by atoms with E-state index in [1.54, 1.807) is 7.11 Å². The number of rotatable bonds is 6. The molecule has 1 aromatic rings. The van der Waals surface area contributed by atoms with Crippen molar-refractivity contribution in [3.8, 4) is 0 Å². The van der Waals surface area contributed by atoms with Gasteiger partial charge in [0.15, 0.2) is 3.92 Å². The Morgan fingerprint density at radius 2 is 2.40 bits per heavy atom. The highest BCUT2D eigenvalue weighted by Crippen LogP contribution is 2.19. The van der Waals surface area contributed by atoms with Crippen LogP contribution in [0.25, 0.3) is 0 Å². The molecule has 0 atom stereocenters. The van der Waals surface area contributed by atoms with Crippen LogP contribution < -0.4 is 10.6 Å². The Hall–Kier alpha value is -0.730. The van der Waals surface area contributed by atoms with Crippen LogP contribution in [0.2, 0.25) is 0 Å². The molecule has 1 rings (SSSR count). The molecule has 1 amide bonds. The first-order valence-electron chi connectivity index (χ1n) is 4.21. The van der Waals surface area contributed by atoms with E-state index in [1.165, 1.54) is 11.3 Å². The minimum Gasteiger partial charge on any atom is -0.383 e. The molecule has 1 aromatic heterocycles. The lowest BCUT2D eigenvalue weighted by atomic mass is 10.5. The van der Waals surface area contributed by atoms with Crippen molar-refractivity contribution in [2.24, 2.45) is 0 Å². The Labute approximate surface area is 99.5 Å². The number of anilines is 1. The summed E-state index contributed by atoms with van der Waals surface area (Å²) in [6, 6.07) is 0. The Morgan fingerprint density at radius 1 is 1.60 bits per heavy atom. The summed E-state index contributed by atoms with van der Waals surface area (Å²) >= 11 is 4.51. The van der Waals surface area contributed by atoms with Crippen molar-refractivity contribution in [3.63, 3.8) is 0 Å². The third-order valence-electron chi connectivity index (χ3n) is 1.43. The van der Waals surface area contributed by atoms with Crippen LogP contribution in [0.15, 0.2) is 3.92 Å². The largest absolute Gasteiger partial charge is 0.383 e. The number of methoxy groups -OCH3 is 1. The molecular weight excluding hydrogens is 284 g/mol. The van der Waals surface area contributed by atoms with Crippen molar-refractivity contribution >= 4 is 38.3 Å². The van der Waals surface area contributed by atoms with Gasteiger partial charge in [-0.2, -0.15) is 0 Å². The summed E-state index contributed by atoms with van der Waals surface area (Å²) in [4.78, 5) is 11.2. The van der Waals surface area contributed by atoms with Gasteiger partial charge in [-0.15, -0.1) is 10.2 Å². The fraction of sp³-hybridized carbons (Fsp3) is 0.571. The topological polar surface area (TPSA) is 76.1 Å². The molecule has 1 heterocycles. The Balaban J connectivity index is 2.16. The number of nitrogens with one attached hydrogen (secondary N) is 2. The SMILES string of the molecule is COCCNC(=O)CNc1nnc(Br)s1. The molecule has 0 fully saturated rings. The Bertz CT molecular complexity index is 320. The van der Waals surface area contributed by atoms with Crippen LogP contribution in [0.4, 0.5) is 5.13 Å². The number of amides is 1. The maximum Gasteiger partial charge on any atom is 0.239 e. The van der Waals surface area contributed by atoms with Gasteiger partial charge in [-0.1, -0.05) is 11.3 Å². The molecule has 0 aliphatic carbocycles. The van der Waals surface area contributed by atoms with E-state index in [0.717, 1.165) is 0 Å². The normalized spacial score (nSPS) is 10.0. The van der Waals surface area contributed by atoms with Crippen LogP contribution in [0.5, 0.6) is 0 Å². The molecule has 8 heteroatoms. The predicted molar refractivity (Wildman–Crippen MR) is 61.0 cm³/mol. The van der Waals surface area contributed by atoms with E-state index in [2.05, 4.69) is 36.8 Å². The Morgan fingerprint density at radius 3 is 3.00 bits per heavy atom. The lowest BCUT2D eigenvalue weighted by molar-refractivity contribution is -0.119. The van der Waals surface area contributed by atoms with Gasteiger partial charge in [-0.3, -0.25) is 4.79 Å². The summed E-state index contributed by atoms with van der Waals surface area (Å²) in [5, 5.41) is 13.7. The van der Waals surface area contributed by atoms with Gasteiger partial charge in [0.05, 0.1) is 13.2 Å². The number of ether oxygens (including phenoxy) is 1. The highest BCUT2D eigenvalue weighted by molar-refractivity contribution is 9.11. The van der Waals surface area contributed by atoms with Crippen molar-refractivity contribution in [2.75, 3.05) is 32.1 Å². The number of halogens is 1. The average Bonchev–Trinajstić information content (AvgIpc) is 2.62. The van der Waals surface area contributed by atoms with E-state index in [-0.39, 0.29) is 12.5 Å². The van der Waals surface area contributed by atoms with Gasteiger partial charge in [-0.25, -0.2) is 0 Å². The number of hydrogen-bond acceptors (Lipinski definition) is 6. The van der Waals surface area contributed by atoms with Gasteiger partial charge in [0.25, 0.3) is 0 Å². The molecule has 2 N–H and O–H groups in total. The molecule has 6 nitrogen and oxygen atoms in total. The summed E-state index contributed by atoms with van der Waals surface area (Å²) in [7, 11) is 1.59. The maximum atomic E-state index is 11.2. The number of aromatic nitrogens is 2. The molecule has 15 heavy (non-hydrogen) atoms. The molecule has 0 aromatic carbocycles. The number of carbonyl (C=O) groups excluding carboxylic acids is 1. The first kappa shape index (κ1) is 12.3.